The lowest BCUT2D eigenvalue weighted by atomic mass is 10.1. The van der Waals surface area contributed by atoms with Crippen LogP contribution in [-0.2, 0) is 26.2 Å². The van der Waals surface area contributed by atoms with Gasteiger partial charge >= 0.3 is 0 Å². The van der Waals surface area contributed by atoms with Crippen molar-refractivity contribution in [3.05, 3.63) is 76.3 Å². The van der Waals surface area contributed by atoms with Gasteiger partial charge < -0.3 is 10.2 Å². The molecule has 3 rings (SSSR count). The largest absolute Gasteiger partial charge is 0.354 e. The number of halogens is 2. The Kier molecular flexibility index (Phi) is 10.4. The number of rotatable bonds is 12. The number of benzene rings is 3. The Labute approximate surface area is 234 Å². The molecule has 0 heterocycles. The second kappa shape index (κ2) is 13.3. The summed E-state index contributed by atoms with van der Waals surface area (Å²) in [4.78, 5) is 28.5. The van der Waals surface area contributed by atoms with Crippen LogP contribution in [0.25, 0.3) is 10.8 Å². The van der Waals surface area contributed by atoms with Crippen LogP contribution in [0.4, 0.5) is 5.69 Å². The molecule has 0 unspecified atom stereocenters. The highest BCUT2D eigenvalue weighted by Gasteiger charge is 2.32. The molecule has 10 heteroatoms. The van der Waals surface area contributed by atoms with Gasteiger partial charge in [0.1, 0.15) is 12.6 Å². The molecule has 0 aliphatic rings. The lowest BCUT2D eigenvalue weighted by molar-refractivity contribution is -0.140. The van der Waals surface area contributed by atoms with Crippen molar-refractivity contribution in [2.45, 2.75) is 45.7 Å². The van der Waals surface area contributed by atoms with E-state index in [1.165, 1.54) is 4.90 Å². The van der Waals surface area contributed by atoms with Crippen molar-refractivity contribution in [1.29, 1.82) is 0 Å². The molecule has 38 heavy (non-hydrogen) atoms. The lowest BCUT2D eigenvalue weighted by Gasteiger charge is -2.33. The van der Waals surface area contributed by atoms with Crippen molar-refractivity contribution in [2.75, 3.05) is 23.7 Å². The molecule has 0 saturated carbocycles. The topological polar surface area (TPSA) is 86.8 Å². The van der Waals surface area contributed by atoms with Crippen LogP contribution in [0.2, 0.25) is 10.0 Å². The molecule has 0 spiro atoms. The number of carbonyl (C=O) groups excluding carboxylic acids is 2. The molecule has 3 aromatic carbocycles. The first-order valence-corrected chi connectivity index (χ1v) is 15.1. The van der Waals surface area contributed by atoms with Crippen molar-refractivity contribution in [3.63, 3.8) is 0 Å². The van der Waals surface area contributed by atoms with Gasteiger partial charge in [-0.2, -0.15) is 0 Å². The van der Waals surface area contributed by atoms with Crippen molar-refractivity contribution in [2.24, 2.45) is 0 Å². The van der Waals surface area contributed by atoms with E-state index in [1.54, 1.807) is 30.3 Å². The molecule has 0 radical (unpaired) electrons. The molecule has 7 nitrogen and oxygen atoms in total. The number of unbranched alkanes of at least 4 members (excludes halogenated alkanes) is 1. The van der Waals surface area contributed by atoms with Gasteiger partial charge in [0, 0.05) is 18.5 Å². The number of amides is 2. The number of hydrogen-bond acceptors (Lipinski definition) is 4. The third-order valence-electron chi connectivity index (χ3n) is 6.27. The van der Waals surface area contributed by atoms with Crippen molar-refractivity contribution in [3.8, 4) is 0 Å². The average molecular weight is 579 g/mol. The first kappa shape index (κ1) is 29.7. The molecule has 1 N–H and O–H groups in total. The SMILES string of the molecule is CCCCNC(=O)[C@H](CC)N(Cc1ccc(Cl)c(Cl)c1)C(=O)CN(c1cccc2ccccc12)S(C)(=O)=O. The molecule has 2 amide bonds. The molecule has 0 aliphatic carbocycles. The monoisotopic (exact) mass is 577 g/mol. The smallest absolute Gasteiger partial charge is 0.244 e. The third-order valence-corrected chi connectivity index (χ3v) is 8.13. The fourth-order valence-corrected chi connectivity index (χ4v) is 5.46. The summed E-state index contributed by atoms with van der Waals surface area (Å²) in [6, 6.07) is 16.9. The fourth-order valence-electron chi connectivity index (χ4n) is 4.28. The van der Waals surface area contributed by atoms with Gasteiger partial charge in [0.2, 0.25) is 21.8 Å². The minimum absolute atomic E-state index is 0.0581. The second-order valence-corrected chi connectivity index (χ2v) is 11.8. The minimum Gasteiger partial charge on any atom is -0.354 e. The first-order chi connectivity index (χ1) is 18.1. The summed E-state index contributed by atoms with van der Waals surface area (Å²) in [6.07, 6.45) is 3.14. The maximum Gasteiger partial charge on any atom is 0.244 e. The quantitative estimate of drug-likeness (QED) is 0.282. The maximum atomic E-state index is 13.9. The van der Waals surface area contributed by atoms with Gasteiger partial charge in [0.15, 0.2) is 0 Å². The molecule has 0 bridgehead atoms. The summed E-state index contributed by atoms with van der Waals surface area (Å²) in [5.41, 5.74) is 1.07. The van der Waals surface area contributed by atoms with Crippen LogP contribution >= 0.6 is 23.2 Å². The average Bonchev–Trinajstić information content (AvgIpc) is 2.88. The van der Waals surface area contributed by atoms with Crippen LogP contribution < -0.4 is 9.62 Å². The van der Waals surface area contributed by atoms with Gasteiger partial charge in [-0.15, -0.1) is 0 Å². The summed E-state index contributed by atoms with van der Waals surface area (Å²) in [5, 5.41) is 5.15. The van der Waals surface area contributed by atoms with Crippen LogP contribution in [0.1, 0.15) is 38.7 Å². The minimum atomic E-state index is -3.85. The molecule has 0 aliphatic heterocycles. The normalized spacial score (nSPS) is 12.2. The Balaban J connectivity index is 2.01. The number of fused-ring (bicyclic) bond motifs is 1. The molecule has 0 saturated heterocycles. The molecular weight excluding hydrogens is 545 g/mol. The molecule has 0 aromatic heterocycles. The predicted octanol–water partition coefficient (Wildman–Crippen LogP) is 5.64. The zero-order chi connectivity index (χ0) is 27.9. The van der Waals surface area contributed by atoms with Gasteiger partial charge in [-0.05, 0) is 42.0 Å². The summed E-state index contributed by atoms with van der Waals surface area (Å²) < 4.78 is 27.0. The van der Waals surface area contributed by atoms with Crippen LogP contribution in [0.3, 0.4) is 0 Å². The summed E-state index contributed by atoms with van der Waals surface area (Å²) in [7, 11) is -3.85. The van der Waals surface area contributed by atoms with E-state index in [1.807, 2.05) is 44.2 Å². The number of anilines is 1. The highest BCUT2D eigenvalue weighted by Crippen LogP contribution is 2.29. The molecule has 3 aromatic rings. The fraction of sp³-hybridized carbons (Fsp3) is 0.357. The number of hydrogen-bond donors (Lipinski definition) is 1. The standard InChI is InChI=1S/C28H33Cl2N3O4S/c1-4-6-16-31-28(35)25(5-2)32(18-20-14-15-23(29)24(30)17-20)27(34)19-33(38(3,36)37)26-13-9-11-21-10-7-8-12-22(21)26/h7-15,17,25H,4-6,16,18-19H2,1-3H3,(H,31,35)/t25-/m0/s1. The van der Waals surface area contributed by atoms with Crippen LogP contribution in [0.5, 0.6) is 0 Å². The molecular formula is C28H33Cl2N3O4S. The number of nitrogens with one attached hydrogen (secondary N) is 1. The molecule has 0 fully saturated rings. The van der Waals surface area contributed by atoms with Crippen molar-refractivity contribution < 1.29 is 18.0 Å². The molecule has 1 atom stereocenters. The van der Waals surface area contributed by atoms with E-state index in [-0.39, 0.29) is 12.5 Å². The first-order valence-electron chi connectivity index (χ1n) is 12.5. The lowest BCUT2D eigenvalue weighted by Crippen LogP contribution is -2.52. The summed E-state index contributed by atoms with van der Waals surface area (Å²) >= 11 is 12.3. The van der Waals surface area contributed by atoms with Crippen LogP contribution in [0.15, 0.2) is 60.7 Å². The summed E-state index contributed by atoms with van der Waals surface area (Å²) in [6.45, 7) is 3.93. The Morgan fingerprint density at radius 2 is 1.68 bits per heavy atom. The highest BCUT2D eigenvalue weighted by atomic mass is 35.5. The van der Waals surface area contributed by atoms with Crippen molar-refractivity contribution >= 4 is 61.5 Å². The van der Waals surface area contributed by atoms with Crippen LogP contribution in [-0.4, -0.2) is 50.5 Å². The highest BCUT2D eigenvalue weighted by molar-refractivity contribution is 7.92. The van der Waals surface area contributed by atoms with Gasteiger partial charge in [-0.1, -0.05) is 85.9 Å². The second-order valence-electron chi connectivity index (χ2n) is 9.11. The predicted molar refractivity (Wildman–Crippen MR) is 155 cm³/mol. The van der Waals surface area contributed by atoms with E-state index in [4.69, 9.17) is 23.2 Å². The number of carbonyl (C=O) groups is 2. The third kappa shape index (κ3) is 7.40. The van der Waals surface area contributed by atoms with E-state index < -0.39 is 28.5 Å². The van der Waals surface area contributed by atoms with E-state index in [9.17, 15) is 18.0 Å². The Hall–Kier alpha value is -2.81. The van der Waals surface area contributed by atoms with E-state index in [0.717, 1.165) is 28.8 Å². The zero-order valence-corrected chi connectivity index (χ0v) is 24.1. The maximum absolute atomic E-state index is 13.9. The molecule has 204 valence electrons. The van der Waals surface area contributed by atoms with Gasteiger partial charge in [-0.25, -0.2) is 8.42 Å². The zero-order valence-electron chi connectivity index (χ0n) is 21.8. The van der Waals surface area contributed by atoms with E-state index in [2.05, 4.69) is 5.32 Å². The van der Waals surface area contributed by atoms with Crippen LogP contribution in [0, 0.1) is 0 Å². The van der Waals surface area contributed by atoms with Gasteiger partial charge in [0.25, 0.3) is 0 Å². The van der Waals surface area contributed by atoms with E-state index >= 15 is 0 Å². The summed E-state index contributed by atoms with van der Waals surface area (Å²) in [5.74, 6) is -0.794. The Bertz CT molecular complexity index is 1390. The Morgan fingerprint density at radius 1 is 0.974 bits per heavy atom. The van der Waals surface area contributed by atoms with E-state index in [0.29, 0.717) is 39.6 Å². The number of sulfonamides is 1. The number of nitrogens with zero attached hydrogens (tertiary/aromatic N) is 2. The Morgan fingerprint density at radius 3 is 2.34 bits per heavy atom. The van der Waals surface area contributed by atoms with Gasteiger partial charge in [0.05, 0.1) is 22.0 Å². The van der Waals surface area contributed by atoms with Gasteiger partial charge in [-0.3, -0.25) is 13.9 Å². The van der Waals surface area contributed by atoms with Crippen molar-refractivity contribution in [1.82, 2.24) is 10.2 Å².